The second kappa shape index (κ2) is 5.65. The quantitative estimate of drug-likeness (QED) is 0.913. The molecule has 4 nitrogen and oxygen atoms in total. The standard InChI is InChI=1S/C17H15ClO4S/c1-10-13(17(19)20)3-2-4-15(10)23(21,22)16-8-5-11-9-12(18)6-7-14(11)16/h2-4,6-7,9,16H,5,8H2,1H3,(H,19,20). The van der Waals surface area contributed by atoms with Crippen LogP contribution in [0, 0.1) is 6.92 Å². The van der Waals surface area contributed by atoms with Gasteiger partial charge in [-0.05, 0) is 60.7 Å². The van der Waals surface area contributed by atoms with Crippen LogP contribution in [0.15, 0.2) is 41.3 Å². The first-order valence-electron chi connectivity index (χ1n) is 7.17. The van der Waals surface area contributed by atoms with Gasteiger partial charge in [-0.2, -0.15) is 0 Å². The van der Waals surface area contributed by atoms with Crippen LogP contribution >= 0.6 is 11.6 Å². The first kappa shape index (κ1) is 16.0. The first-order valence-corrected chi connectivity index (χ1v) is 9.10. The van der Waals surface area contributed by atoms with Crippen molar-refractivity contribution in [1.29, 1.82) is 0 Å². The van der Waals surface area contributed by atoms with Crippen molar-refractivity contribution in [3.05, 3.63) is 63.7 Å². The molecule has 2 aromatic carbocycles. The molecule has 0 bridgehead atoms. The van der Waals surface area contributed by atoms with Crippen LogP contribution in [-0.2, 0) is 16.3 Å². The number of hydrogen-bond acceptors (Lipinski definition) is 3. The van der Waals surface area contributed by atoms with Crippen LogP contribution in [0.4, 0.5) is 0 Å². The molecule has 1 atom stereocenters. The van der Waals surface area contributed by atoms with E-state index in [1.165, 1.54) is 25.1 Å². The third kappa shape index (κ3) is 2.64. The summed E-state index contributed by atoms with van der Waals surface area (Å²) in [6, 6.07) is 9.61. The predicted octanol–water partition coefficient (Wildman–Crippen LogP) is 3.81. The van der Waals surface area contributed by atoms with Gasteiger partial charge in [0, 0.05) is 5.02 Å². The lowest BCUT2D eigenvalue weighted by atomic mass is 10.1. The molecule has 0 saturated heterocycles. The number of carboxylic acids is 1. The van der Waals surface area contributed by atoms with Crippen LogP contribution in [0.2, 0.25) is 5.02 Å². The molecule has 6 heteroatoms. The number of halogens is 1. The van der Waals surface area contributed by atoms with Crippen molar-refractivity contribution in [2.24, 2.45) is 0 Å². The minimum absolute atomic E-state index is 0.0143. The second-order valence-corrected chi connectivity index (χ2v) is 8.18. The normalized spacial score (nSPS) is 17.0. The Morgan fingerprint density at radius 3 is 2.70 bits per heavy atom. The van der Waals surface area contributed by atoms with Gasteiger partial charge in [0.05, 0.1) is 15.7 Å². The number of sulfone groups is 1. The van der Waals surface area contributed by atoms with Gasteiger partial charge in [0.25, 0.3) is 0 Å². The van der Waals surface area contributed by atoms with Crippen LogP contribution in [0.25, 0.3) is 0 Å². The molecule has 0 heterocycles. The molecule has 1 aliphatic carbocycles. The zero-order valence-electron chi connectivity index (χ0n) is 12.4. The topological polar surface area (TPSA) is 71.4 Å². The van der Waals surface area contributed by atoms with E-state index in [1.54, 1.807) is 18.2 Å². The summed E-state index contributed by atoms with van der Waals surface area (Å²) in [4.78, 5) is 11.3. The summed E-state index contributed by atoms with van der Waals surface area (Å²) < 4.78 is 26.1. The Morgan fingerprint density at radius 1 is 1.26 bits per heavy atom. The average molecular weight is 351 g/mol. The number of carboxylic acid groups (broad SMARTS) is 1. The molecule has 0 aromatic heterocycles. The maximum Gasteiger partial charge on any atom is 0.335 e. The van der Waals surface area contributed by atoms with Gasteiger partial charge in [-0.3, -0.25) is 0 Å². The molecule has 0 amide bonds. The SMILES string of the molecule is Cc1c(C(=O)O)cccc1S(=O)(=O)C1CCc2cc(Cl)ccc21. The predicted molar refractivity (Wildman–Crippen MR) is 87.8 cm³/mol. The molecule has 1 unspecified atom stereocenters. The minimum Gasteiger partial charge on any atom is -0.478 e. The molecule has 23 heavy (non-hydrogen) atoms. The van der Waals surface area contributed by atoms with E-state index in [-0.39, 0.29) is 16.0 Å². The fourth-order valence-corrected chi connectivity index (χ4v) is 5.48. The number of aryl methyl sites for hydroxylation is 1. The maximum atomic E-state index is 13.1. The number of benzene rings is 2. The van der Waals surface area contributed by atoms with Crippen molar-refractivity contribution in [1.82, 2.24) is 0 Å². The summed E-state index contributed by atoms with van der Waals surface area (Å²) >= 11 is 5.97. The third-order valence-corrected chi connectivity index (χ3v) is 6.85. The van der Waals surface area contributed by atoms with E-state index in [2.05, 4.69) is 0 Å². The van der Waals surface area contributed by atoms with Gasteiger partial charge in [-0.1, -0.05) is 23.7 Å². The van der Waals surface area contributed by atoms with E-state index in [1.807, 2.05) is 0 Å². The Hall–Kier alpha value is -1.85. The highest BCUT2D eigenvalue weighted by molar-refractivity contribution is 7.91. The molecule has 1 aliphatic rings. The molecule has 2 aromatic rings. The van der Waals surface area contributed by atoms with Crippen LogP contribution in [0.5, 0.6) is 0 Å². The zero-order chi connectivity index (χ0) is 16.8. The summed E-state index contributed by atoms with van der Waals surface area (Å²) in [5, 5.41) is 9.13. The molecular weight excluding hydrogens is 336 g/mol. The van der Waals surface area contributed by atoms with Crippen LogP contribution in [0.1, 0.15) is 38.7 Å². The van der Waals surface area contributed by atoms with Gasteiger partial charge in [0.1, 0.15) is 0 Å². The van der Waals surface area contributed by atoms with Gasteiger partial charge in [0.2, 0.25) is 0 Å². The fourth-order valence-electron chi connectivity index (χ4n) is 3.18. The van der Waals surface area contributed by atoms with Gasteiger partial charge >= 0.3 is 5.97 Å². The Morgan fingerprint density at radius 2 is 2.00 bits per heavy atom. The minimum atomic E-state index is -3.66. The Bertz CT molecular complexity index is 903. The second-order valence-electron chi connectivity index (χ2n) is 5.65. The van der Waals surface area contributed by atoms with Crippen molar-refractivity contribution in [2.45, 2.75) is 29.9 Å². The molecule has 1 N–H and O–H groups in total. The van der Waals surface area contributed by atoms with E-state index in [0.717, 1.165) is 11.1 Å². The van der Waals surface area contributed by atoms with E-state index < -0.39 is 21.1 Å². The number of fused-ring (bicyclic) bond motifs is 1. The lowest BCUT2D eigenvalue weighted by Gasteiger charge is -2.16. The lowest BCUT2D eigenvalue weighted by molar-refractivity contribution is 0.0696. The van der Waals surface area contributed by atoms with E-state index in [9.17, 15) is 18.3 Å². The largest absolute Gasteiger partial charge is 0.478 e. The summed E-state index contributed by atoms with van der Waals surface area (Å²) in [6.45, 7) is 1.54. The van der Waals surface area contributed by atoms with Crippen molar-refractivity contribution >= 4 is 27.4 Å². The lowest BCUT2D eigenvalue weighted by Crippen LogP contribution is -2.14. The summed E-state index contributed by atoms with van der Waals surface area (Å²) in [6.07, 6.45) is 1.13. The average Bonchev–Trinajstić information content (AvgIpc) is 2.90. The molecule has 120 valence electrons. The van der Waals surface area contributed by atoms with Crippen molar-refractivity contribution in [2.75, 3.05) is 0 Å². The number of rotatable bonds is 3. The smallest absolute Gasteiger partial charge is 0.335 e. The molecule has 0 saturated carbocycles. The highest BCUT2D eigenvalue weighted by atomic mass is 35.5. The highest BCUT2D eigenvalue weighted by Gasteiger charge is 2.36. The summed E-state index contributed by atoms with van der Waals surface area (Å²) in [7, 11) is -3.66. The van der Waals surface area contributed by atoms with Crippen molar-refractivity contribution < 1.29 is 18.3 Å². The molecule has 3 rings (SSSR count). The van der Waals surface area contributed by atoms with Gasteiger partial charge in [0.15, 0.2) is 9.84 Å². The third-order valence-electron chi connectivity index (χ3n) is 4.32. The molecule has 0 radical (unpaired) electrons. The fraction of sp³-hybridized carbons (Fsp3) is 0.235. The van der Waals surface area contributed by atoms with Gasteiger partial charge in [-0.15, -0.1) is 0 Å². The molecule has 0 fully saturated rings. The molecular formula is C17H15ClO4S. The Balaban J connectivity index is 2.12. The van der Waals surface area contributed by atoms with E-state index in [0.29, 0.717) is 17.9 Å². The molecule has 0 spiro atoms. The zero-order valence-corrected chi connectivity index (χ0v) is 14.0. The highest BCUT2D eigenvalue weighted by Crippen LogP contribution is 2.42. The van der Waals surface area contributed by atoms with Crippen LogP contribution in [-0.4, -0.2) is 19.5 Å². The van der Waals surface area contributed by atoms with Crippen molar-refractivity contribution in [3.8, 4) is 0 Å². The Kier molecular flexibility index (Phi) is 3.94. The number of carbonyl (C=O) groups is 1. The van der Waals surface area contributed by atoms with Crippen molar-refractivity contribution in [3.63, 3.8) is 0 Å². The van der Waals surface area contributed by atoms with E-state index >= 15 is 0 Å². The number of hydrogen-bond donors (Lipinski definition) is 1. The number of aromatic carboxylic acids is 1. The monoisotopic (exact) mass is 350 g/mol. The maximum absolute atomic E-state index is 13.1. The summed E-state index contributed by atoms with van der Waals surface area (Å²) in [5.74, 6) is -1.13. The van der Waals surface area contributed by atoms with E-state index in [4.69, 9.17) is 11.6 Å². The molecule has 0 aliphatic heterocycles. The van der Waals surface area contributed by atoms with Crippen LogP contribution in [0.3, 0.4) is 0 Å². The Labute approximate surface area is 139 Å². The van der Waals surface area contributed by atoms with Crippen LogP contribution < -0.4 is 0 Å². The van der Waals surface area contributed by atoms with Gasteiger partial charge in [-0.25, -0.2) is 13.2 Å². The summed E-state index contributed by atoms with van der Waals surface area (Å²) in [5.41, 5.74) is 2.00. The van der Waals surface area contributed by atoms with Gasteiger partial charge < -0.3 is 5.11 Å². The first-order chi connectivity index (χ1) is 10.8.